The van der Waals surface area contributed by atoms with Crippen molar-refractivity contribution in [3.63, 3.8) is 0 Å². The molecule has 0 fully saturated rings. The molecule has 0 unspecified atom stereocenters. The van der Waals surface area contributed by atoms with E-state index in [1.807, 2.05) is 0 Å². The predicted molar refractivity (Wildman–Crippen MR) is 45.2 cm³/mol. The van der Waals surface area contributed by atoms with Crippen molar-refractivity contribution in [1.29, 1.82) is 0 Å². The lowest BCUT2D eigenvalue weighted by Crippen LogP contribution is -2.56. The third-order valence-corrected chi connectivity index (χ3v) is 1.92. The topological polar surface area (TPSA) is 61.8 Å². The highest BCUT2D eigenvalue weighted by Crippen LogP contribution is 2.43. The summed E-state index contributed by atoms with van der Waals surface area (Å²) in [6.45, 7) is 0. The minimum Gasteiger partial charge on any atom is -0.384 e. The summed E-state index contributed by atoms with van der Waals surface area (Å²) in [5.74, 6) is -22.3. The first-order chi connectivity index (χ1) is 11.5. The van der Waals surface area contributed by atoms with Gasteiger partial charge in [-0.05, 0) is 0 Å². The van der Waals surface area contributed by atoms with Gasteiger partial charge in [0.25, 0.3) is 0 Å². The van der Waals surface area contributed by atoms with Crippen LogP contribution >= 0.6 is 0 Å². The number of carbonyl (C=O) groups excluding carboxylic acids is 2. The first-order valence-corrected chi connectivity index (χ1v) is 5.28. The van der Waals surface area contributed by atoms with Crippen molar-refractivity contribution in [3.8, 4) is 0 Å². The van der Waals surface area contributed by atoms with E-state index in [0.717, 1.165) is 0 Å². The summed E-state index contributed by atoms with van der Waals surface area (Å²) in [4.78, 5) is 21.0. The van der Waals surface area contributed by atoms with Crippen molar-refractivity contribution in [3.05, 3.63) is 0 Å². The molecule has 0 bridgehead atoms. The Morgan fingerprint density at radius 3 is 0.889 bits per heavy atom. The molecule has 0 aromatic rings. The molecule has 0 aliphatic heterocycles. The average Bonchev–Trinajstić information content (AvgIpc) is 2.31. The first-order valence-electron chi connectivity index (χ1n) is 5.28. The SMILES string of the molecule is O=C(OC(=O)C(F)(F)C(F)(F)OC(F)(F)F)C(F)(F)C(F)(F)OC(F)(F)F. The van der Waals surface area contributed by atoms with Crippen molar-refractivity contribution < 1.29 is 85.3 Å². The molecule has 27 heavy (non-hydrogen) atoms. The van der Waals surface area contributed by atoms with E-state index < -0.39 is 48.7 Å². The fourth-order valence-electron chi connectivity index (χ4n) is 0.869. The Kier molecular flexibility index (Phi) is 6.42. The zero-order chi connectivity index (χ0) is 22.3. The Labute approximate surface area is 135 Å². The van der Waals surface area contributed by atoms with Gasteiger partial charge in [0, 0.05) is 0 Å². The zero-order valence-corrected chi connectivity index (χ0v) is 11.3. The predicted octanol–water partition coefficient (Wildman–Crippen LogP) is 3.59. The molecular weight excluding hydrogens is 442 g/mol. The van der Waals surface area contributed by atoms with Crippen LogP contribution in [0.3, 0.4) is 0 Å². The van der Waals surface area contributed by atoms with Gasteiger partial charge in [0.05, 0.1) is 0 Å². The summed E-state index contributed by atoms with van der Waals surface area (Å²) in [7, 11) is 0. The second-order valence-electron chi connectivity index (χ2n) is 3.95. The molecule has 19 heteroatoms. The van der Waals surface area contributed by atoms with Crippen LogP contribution < -0.4 is 0 Å². The number of alkyl halides is 14. The summed E-state index contributed by atoms with van der Waals surface area (Å²) in [5.41, 5.74) is 0. The van der Waals surface area contributed by atoms with E-state index in [4.69, 9.17) is 0 Å². The van der Waals surface area contributed by atoms with Gasteiger partial charge < -0.3 is 4.74 Å². The average molecular weight is 442 g/mol. The Bertz CT molecular complexity index is 525. The number of carbonyl (C=O) groups is 2. The van der Waals surface area contributed by atoms with Gasteiger partial charge in [-0.1, -0.05) is 0 Å². The largest absolute Gasteiger partial charge is 0.527 e. The number of hydrogen-bond acceptors (Lipinski definition) is 5. The third-order valence-electron chi connectivity index (χ3n) is 1.92. The fraction of sp³-hybridized carbons (Fsp3) is 0.750. The van der Waals surface area contributed by atoms with Crippen LogP contribution in [-0.2, 0) is 23.8 Å². The highest BCUT2D eigenvalue weighted by molar-refractivity contribution is 5.93. The summed E-state index contributed by atoms with van der Waals surface area (Å²) in [6.07, 6.45) is -26.9. The summed E-state index contributed by atoms with van der Waals surface area (Å²) in [6, 6.07) is 0. The van der Waals surface area contributed by atoms with Gasteiger partial charge in [0.2, 0.25) is 0 Å². The normalized spacial score (nSPS) is 14.9. The summed E-state index contributed by atoms with van der Waals surface area (Å²) >= 11 is 0. The number of ether oxygens (including phenoxy) is 3. The maximum absolute atomic E-state index is 12.8. The van der Waals surface area contributed by atoms with Gasteiger partial charge in [-0.3, -0.25) is 0 Å². The zero-order valence-electron chi connectivity index (χ0n) is 11.3. The summed E-state index contributed by atoms with van der Waals surface area (Å²) in [5, 5.41) is 0. The van der Waals surface area contributed by atoms with Gasteiger partial charge in [-0.15, -0.1) is 26.3 Å². The van der Waals surface area contributed by atoms with Crippen LogP contribution in [0.15, 0.2) is 0 Å². The molecule has 0 saturated carbocycles. The van der Waals surface area contributed by atoms with Crippen molar-refractivity contribution in [2.45, 2.75) is 36.8 Å². The third kappa shape index (κ3) is 6.04. The Balaban J connectivity index is 5.52. The van der Waals surface area contributed by atoms with Gasteiger partial charge in [0.1, 0.15) is 0 Å². The second kappa shape index (κ2) is 6.91. The van der Waals surface area contributed by atoms with Crippen LogP contribution in [0.4, 0.5) is 61.5 Å². The van der Waals surface area contributed by atoms with Crippen LogP contribution in [-0.4, -0.2) is 48.7 Å². The van der Waals surface area contributed by atoms with E-state index in [1.165, 1.54) is 9.47 Å². The number of rotatable bonds is 6. The van der Waals surface area contributed by atoms with E-state index in [9.17, 15) is 71.1 Å². The smallest absolute Gasteiger partial charge is 0.384 e. The molecule has 0 N–H and O–H groups in total. The highest BCUT2D eigenvalue weighted by Gasteiger charge is 2.72. The van der Waals surface area contributed by atoms with E-state index in [-0.39, 0.29) is 0 Å². The van der Waals surface area contributed by atoms with Crippen molar-refractivity contribution >= 4 is 11.9 Å². The Morgan fingerprint density at radius 1 is 0.481 bits per heavy atom. The van der Waals surface area contributed by atoms with Gasteiger partial charge in [-0.25, -0.2) is 19.1 Å². The molecule has 5 nitrogen and oxygen atoms in total. The Hall–Kier alpha value is -1.92. The molecule has 0 atom stereocenters. The van der Waals surface area contributed by atoms with Crippen LogP contribution in [0.1, 0.15) is 0 Å². The number of halogens is 14. The summed E-state index contributed by atoms with van der Waals surface area (Å²) < 4.78 is 176. The molecular formula is C8F14O5. The van der Waals surface area contributed by atoms with E-state index in [2.05, 4.69) is 4.74 Å². The van der Waals surface area contributed by atoms with E-state index in [1.54, 1.807) is 0 Å². The maximum Gasteiger partial charge on any atom is 0.527 e. The molecule has 0 spiro atoms. The lowest BCUT2D eigenvalue weighted by atomic mass is 10.3. The number of esters is 2. The van der Waals surface area contributed by atoms with Gasteiger partial charge in [0.15, 0.2) is 0 Å². The molecule has 0 aliphatic rings. The molecule has 160 valence electrons. The van der Waals surface area contributed by atoms with Crippen molar-refractivity contribution in [1.82, 2.24) is 0 Å². The molecule has 0 rings (SSSR count). The number of hydrogen-bond donors (Lipinski definition) is 0. The standard InChI is InChI=1S/C8F14O5/c9-3(10,5(13,14)26-7(17,18)19)1(23)25-2(24)4(11,12)6(15,16)27-8(20,21)22. The highest BCUT2D eigenvalue weighted by atomic mass is 19.4. The van der Waals surface area contributed by atoms with Crippen LogP contribution in [0.25, 0.3) is 0 Å². The molecule has 0 amide bonds. The lowest BCUT2D eigenvalue weighted by molar-refractivity contribution is -0.461. The van der Waals surface area contributed by atoms with Crippen LogP contribution in [0.2, 0.25) is 0 Å². The van der Waals surface area contributed by atoms with Crippen molar-refractivity contribution in [2.24, 2.45) is 0 Å². The van der Waals surface area contributed by atoms with E-state index in [0.29, 0.717) is 0 Å². The molecule has 0 aromatic heterocycles. The molecule has 0 aromatic carbocycles. The minimum absolute atomic E-state index is 1.51. The van der Waals surface area contributed by atoms with Gasteiger partial charge >= 0.3 is 48.7 Å². The maximum atomic E-state index is 12.8. The van der Waals surface area contributed by atoms with E-state index >= 15 is 0 Å². The monoisotopic (exact) mass is 442 g/mol. The quantitative estimate of drug-likeness (QED) is 0.358. The van der Waals surface area contributed by atoms with Crippen molar-refractivity contribution in [2.75, 3.05) is 0 Å². The lowest BCUT2D eigenvalue weighted by Gasteiger charge is -2.27. The Morgan fingerprint density at radius 2 is 0.704 bits per heavy atom. The van der Waals surface area contributed by atoms with Crippen LogP contribution in [0.5, 0.6) is 0 Å². The fourth-order valence-corrected chi connectivity index (χ4v) is 0.869. The molecule has 0 aliphatic carbocycles. The first kappa shape index (κ1) is 25.1. The minimum atomic E-state index is -6.90. The second-order valence-corrected chi connectivity index (χ2v) is 3.95. The molecule has 0 heterocycles. The van der Waals surface area contributed by atoms with Crippen LogP contribution in [0, 0.1) is 0 Å². The molecule has 0 radical (unpaired) electrons. The molecule has 0 saturated heterocycles. The van der Waals surface area contributed by atoms with Gasteiger partial charge in [-0.2, -0.15) is 35.1 Å².